The summed E-state index contributed by atoms with van der Waals surface area (Å²) in [6, 6.07) is 0. The molecule has 80 valence electrons. The molecular formula is C11H24O2. The maximum atomic E-state index is 9.11. The van der Waals surface area contributed by atoms with E-state index in [0.717, 1.165) is 12.8 Å². The van der Waals surface area contributed by atoms with Crippen LogP contribution in [0.25, 0.3) is 0 Å². The van der Waals surface area contributed by atoms with Crippen LogP contribution in [0, 0.1) is 0 Å². The lowest BCUT2D eigenvalue weighted by molar-refractivity contribution is -0.0730. The van der Waals surface area contributed by atoms with Crippen LogP contribution < -0.4 is 0 Å². The van der Waals surface area contributed by atoms with Crippen molar-refractivity contribution in [1.29, 1.82) is 0 Å². The maximum absolute atomic E-state index is 9.11. The molecule has 0 rings (SSSR count). The van der Waals surface area contributed by atoms with E-state index in [1.54, 1.807) is 6.92 Å². The molecule has 0 aliphatic rings. The van der Waals surface area contributed by atoms with Crippen molar-refractivity contribution in [3.8, 4) is 0 Å². The van der Waals surface area contributed by atoms with E-state index in [-0.39, 0.29) is 11.7 Å². The van der Waals surface area contributed by atoms with Gasteiger partial charge in [0.2, 0.25) is 0 Å². The molecule has 1 N–H and O–H groups in total. The summed E-state index contributed by atoms with van der Waals surface area (Å²) in [4.78, 5) is 0. The lowest BCUT2D eigenvalue weighted by Gasteiger charge is -2.29. The first-order valence-corrected chi connectivity index (χ1v) is 5.36. The molecular weight excluding hydrogens is 164 g/mol. The van der Waals surface area contributed by atoms with Crippen LogP contribution in [0.2, 0.25) is 0 Å². The summed E-state index contributed by atoms with van der Waals surface area (Å²) in [6.07, 6.45) is 4.15. The highest BCUT2D eigenvalue weighted by molar-refractivity contribution is 4.73. The second-order valence-corrected chi connectivity index (χ2v) is 4.07. The summed E-state index contributed by atoms with van der Waals surface area (Å²) < 4.78 is 5.69. The van der Waals surface area contributed by atoms with Gasteiger partial charge in [-0.05, 0) is 26.7 Å². The molecule has 2 atom stereocenters. The van der Waals surface area contributed by atoms with E-state index in [1.165, 1.54) is 12.8 Å². The molecule has 0 saturated carbocycles. The number of aliphatic hydroxyl groups is 1. The summed E-state index contributed by atoms with van der Waals surface area (Å²) in [5.74, 6) is 0. The minimum atomic E-state index is -0.354. The van der Waals surface area contributed by atoms with Crippen LogP contribution in [0.4, 0.5) is 0 Å². The average Bonchev–Trinajstić information content (AvgIpc) is 2.11. The minimum Gasteiger partial charge on any atom is -0.391 e. The number of unbranched alkanes of at least 4 members (excludes halogenated alkanes) is 1. The van der Waals surface area contributed by atoms with E-state index >= 15 is 0 Å². The zero-order chi connectivity index (χ0) is 10.3. The Labute approximate surface area is 82.3 Å². The van der Waals surface area contributed by atoms with Crippen LogP contribution >= 0.6 is 0 Å². The van der Waals surface area contributed by atoms with Crippen LogP contribution in [-0.2, 0) is 4.74 Å². The molecule has 0 aliphatic carbocycles. The fourth-order valence-corrected chi connectivity index (χ4v) is 1.22. The van der Waals surface area contributed by atoms with Gasteiger partial charge in [0.25, 0.3) is 0 Å². The zero-order valence-corrected chi connectivity index (χ0v) is 9.47. The molecule has 0 aromatic rings. The fourth-order valence-electron chi connectivity index (χ4n) is 1.22. The van der Waals surface area contributed by atoms with E-state index in [0.29, 0.717) is 6.61 Å². The highest BCUT2D eigenvalue weighted by Crippen LogP contribution is 2.22. The third-order valence-electron chi connectivity index (χ3n) is 2.48. The molecule has 0 amide bonds. The van der Waals surface area contributed by atoms with Gasteiger partial charge in [-0.1, -0.05) is 26.7 Å². The predicted molar refractivity (Wildman–Crippen MR) is 55.9 cm³/mol. The highest BCUT2D eigenvalue weighted by atomic mass is 16.5. The second-order valence-electron chi connectivity index (χ2n) is 4.07. The van der Waals surface area contributed by atoms with Crippen LogP contribution in [0.1, 0.15) is 53.4 Å². The van der Waals surface area contributed by atoms with E-state index in [2.05, 4.69) is 20.8 Å². The molecule has 0 radical (unpaired) electrons. The number of aliphatic hydroxyl groups excluding tert-OH is 1. The van der Waals surface area contributed by atoms with Gasteiger partial charge in [-0.25, -0.2) is 0 Å². The molecule has 0 aliphatic heterocycles. The summed E-state index contributed by atoms with van der Waals surface area (Å²) in [5, 5.41) is 9.11. The largest absolute Gasteiger partial charge is 0.391 e. The van der Waals surface area contributed by atoms with Gasteiger partial charge in [0.05, 0.1) is 18.3 Å². The Morgan fingerprint density at radius 1 is 1.38 bits per heavy atom. The number of hydrogen-bond donors (Lipinski definition) is 1. The number of ether oxygens (including phenoxy) is 1. The van der Waals surface area contributed by atoms with Crippen LogP contribution in [0.15, 0.2) is 0 Å². The average molecular weight is 188 g/mol. The molecule has 0 bridgehead atoms. The standard InChI is InChI=1S/C11H24O2/c1-5-7-8-11(4,6-2)13-9-10(3)12/h10,12H,5-9H2,1-4H3. The SMILES string of the molecule is CCCCC(C)(CC)OCC(C)O. The van der Waals surface area contributed by atoms with Gasteiger partial charge in [-0.15, -0.1) is 0 Å². The Hall–Kier alpha value is -0.0800. The van der Waals surface area contributed by atoms with Crippen molar-refractivity contribution in [1.82, 2.24) is 0 Å². The molecule has 2 nitrogen and oxygen atoms in total. The third kappa shape index (κ3) is 6.05. The van der Waals surface area contributed by atoms with Crippen molar-refractivity contribution in [2.75, 3.05) is 6.61 Å². The van der Waals surface area contributed by atoms with Crippen LogP contribution in [-0.4, -0.2) is 23.4 Å². The molecule has 0 saturated heterocycles. The van der Waals surface area contributed by atoms with Gasteiger partial charge >= 0.3 is 0 Å². The fraction of sp³-hybridized carbons (Fsp3) is 1.00. The first-order valence-electron chi connectivity index (χ1n) is 5.36. The summed E-state index contributed by atoms with van der Waals surface area (Å²) in [7, 11) is 0. The third-order valence-corrected chi connectivity index (χ3v) is 2.48. The maximum Gasteiger partial charge on any atom is 0.0745 e. The van der Waals surface area contributed by atoms with E-state index in [4.69, 9.17) is 9.84 Å². The van der Waals surface area contributed by atoms with Crippen molar-refractivity contribution in [2.45, 2.75) is 65.1 Å². The van der Waals surface area contributed by atoms with E-state index < -0.39 is 0 Å². The molecule has 0 aromatic carbocycles. The molecule has 2 unspecified atom stereocenters. The second kappa shape index (κ2) is 6.39. The van der Waals surface area contributed by atoms with Crippen LogP contribution in [0.5, 0.6) is 0 Å². The highest BCUT2D eigenvalue weighted by Gasteiger charge is 2.22. The normalized spacial score (nSPS) is 18.2. The molecule has 0 spiro atoms. The Bertz CT molecular complexity index is 123. The molecule has 0 aromatic heterocycles. The van der Waals surface area contributed by atoms with E-state index in [9.17, 15) is 0 Å². The molecule has 2 heteroatoms. The van der Waals surface area contributed by atoms with Gasteiger partial charge < -0.3 is 9.84 Å². The van der Waals surface area contributed by atoms with Crippen molar-refractivity contribution in [2.24, 2.45) is 0 Å². The minimum absolute atomic E-state index is 0.0347. The quantitative estimate of drug-likeness (QED) is 0.665. The van der Waals surface area contributed by atoms with Crippen molar-refractivity contribution >= 4 is 0 Å². The Balaban J connectivity index is 3.81. The zero-order valence-electron chi connectivity index (χ0n) is 9.47. The monoisotopic (exact) mass is 188 g/mol. The van der Waals surface area contributed by atoms with Crippen molar-refractivity contribution in [3.05, 3.63) is 0 Å². The first-order chi connectivity index (χ1) is 6.04. The van der Waals surface area contributed by atoms with Crippen LogP contribution in [0.3, 0.4) is 0 Å². The number of rotatable bonds is 7. The number of hydrogen-bond acceptors (Lipinski definition) is 2. The topological polar surface area (TPSA) is 29.5 Å². The van der Waals surface area contributed by atoms with Gasteiger partial charge in [-0.3, -0.25) is 0 Å². The van der Waals surface area contributed by atoms with E-state index in [1.807, 2.05) is 0 Å². The summed E-state index contributed by atoms with van der Waals surface area (Å²) >= 11 is 0. The van der Waals surface area contributed by atoms with Gasteiger partial charge in [0, 0.05) is 0 Å². The molecule has 0 heterocycles. The summed E-state index contributed by atoms with van der Waals surface area (Å²) in [5.41, 5.74) is -0.0347. The first kappa shape index (κ1) is 12.9. The summed E-state index contributed by atoms with van der Waals surface area (Å²) in [6.45, 7) is 8.66. The molecule has 13 heavy (non-hydrogen) atoms. The Morgan fingerprint density at radius 3 is 2.38 bits per heavy atom. The Kier molecular flexibility index (Phi) is 6.35. The molecule has 0 fully saturated rings. The predicted octanol–water partition coefficient (Wildman–Crippen LogP) is 2.74. The smallest absolute Gasteiger partial charge is 0.0745 e. The van der Waals surface area contributed by atoms with Gasteiger partial charge in [0.15, 0.2) is 0 Å². The van der Waals surface area contributed by atoms with Gasteiger partial charge in [-0.2, -0.15) is 0 Å². The van der Waals surface area contributed by atoms with Crippen molar-refractivity contribution < 1.29 is 9.84 Å². The lowest BCUT2D eigenvalue weighted by Crippen LogP contribution is -2.31. The van der Waals surface area contributed by atoms with Crippen molar-refractivity contribution in [3.63, 3.8) is 0 Å². The van der Waals surface area contributed by atoms with Gasteiger partial charge in [0.1, 0.15) is 0 Å². The lowest BCUT2D eigenvalue weighted by atomic mass is 9.96. The Morgan fingerprint density at radius 2 is 2.00 bits per heavy atom.